The van der Waals surface area contributed by atoms with Crippen molar-refractivity contribution in [1.29, 1.82) is 0 Å². The van der Waals surface area contributed by atoms with E-state index in [1.165, 1.54) is 0 Å². The monoisotopic (exact) mass is 276 g/mol. The van der Waals surface area contributed by atoms with Crippen molar-refractivity contribution in [3.63, 3.8) is 0 Å². The van der Waals surface area contributed by atoms with E-state index >= 15 is 0 Å². The van der Waals surface area contributed by atoms with Gasteiger partial charge in [-0.2, -0.15) is 0 Å². The highest BCUT2D eigenvalue weighted by molar-refractivity contribution is 5.85. The molecule has 0 bridgehead atoms. The van der Waals surface area contributed by atoms with Crippen LogP contribution in [-0.4, -0.2) is 30.6 Å². The van der Waals surface area contributed by atoms with Crippen molar-refractivity contribution in [1.82, 2.24) is 0 Å². The van der Waals surface area contributed by atoms with Crippen molar-refractivity contribution < 1.29 is 9.59 Å². The smallest absolute Gasteiger partial charge is 0.186 e. The summed E-state index contributed by atoms with van der Waals surface area (Å²) in [5.74, 6) is 0.246. The Kier molecular flexibility index (Phi) is 20.2. The summed E-state index contributed by atoms with van der Waals surface area (Å²) in [5.41, 5.74) is 15.1. The van der Waals surface area contributed by atoms with E-state index < -0.39 is 0 Å². The molecule has 0 rings (SSSR count). The molecular formula is C13H32N4O2. The number of ketones is 2. The third kappa shape index (κ3) is 19.1. The zero-order valence-electron chi connectivity index (χ0n) is 11.1. The summed E-state index contributed by atoms with van der Waals surface area (Å²) in [4.78, 5) is 24.8. The molecule has 0 aromatic carbocycles. The zero-order chi connectivity index (χ0) is 14.0. The van der Waals surface area contributed by atoms with Crippen molar-refractivity contribution in [2.24, 2.45) is 34.0 Å². The van der Waals surface area contributed by atoms with E-state index in [0.29, 0.717) is 0 Å². The van der Waals surface area contributed by atoms with Gasteiger partial charge in [0.25, 0.3) is 0 Å². The Morgan fingerprint density at radius 3 is 1.47 bits per heavy atom. The quantitative estimate of drug-likeness (QED) is 0.509. The SMILES string of the molecule is C.C.CC(C)C(=O)CN.CC(C)C(=O)CN=C(N)N. The number of carbonyl (C=O) groups is 2. The largest absolute Gasteiger partial charge is 0.370 e. The molecule has 0 saturated heterocycles. The maximum atomic E-state index is 10.8. The molecule has 0 aromatic rings. The average molecular weight is 276 g/mol. The molecule has 0 radical (unpaired) electrons. The van der Waals surface area contributed by atoms with Gasteiger partial charge >= 0.3 is 0 Å². The third-order valence-corrected chi connectivity index (χ3v) is 1.91. The van der Waals surface area contributed by atoms with Gasteiger partial charge < -0.3 is 17.2 Å². The minimum atomic E-state index is -0.0333. The van der Waals surface area contributed by atoms with E-state index in [1.807, 2.05) is 27.7 Å². The first-order valence-electron chi connectivity index (χ1n) is 5.53. The Bertz CT molecular complexity index is 270. The Hall–Kier alpha value is -1.43. The van der Waals surface area contributed by atoms with Crippen LogP contribution >= 0.6 is 0 Å². The van der Waals surface area contributed by atoms with Crippen molar-refractivity contribution in [2.45, 2.75) is 42.5 Å². The van der Waals surface area contributed by atoms with Crippen LogP contribution < -0.4 is 17.2 Å². The fraction of sp³-hybridized carbons (Fsp3) is 0.769. The number of Topliss-reactive ketones (excluding diaryl/α,β-unsaturated/α-hetero) is 2. The van der Waals surface area contributed by atoms with Crippen molar-refractivity contribution in [2.75, 3.05) is 13.1 Å². The zero-order valence-corrected chi connectivity index (χ0v) is 11.1. The van der Waals surface area contributed by atoms with Gasteiger partial charge in [-0.15, -0.1) is 0 Å². The van der Waals surface area contributed by atoms with Gasteiger partial charge in [-0.05, 0) is 0 Å². The predicted octanol–water partition coefficient (Wildman–Crippen LogP) is 0.927. The van der Waals surface area contributed by atoms with Crippen LogP contribution in [0.4, 0.5) is 0 Å². The summed E-state index contributed by atoms with van der Waals surface area (Å²) in [6, 6.07) is 0. The van der Waals surface area contributed by atoms with Crippen LogP contribution in [-0.2, 0) is 9.59 Å². The summed E-state index contributed by atoms with van der Waals surface area (Å²) in [6.45, 7) is 7.58. The Balaban J connectivity index is -0.000000112. The molecule has 0 aromatic heterocycles. The first-order chi connectivity index (χ1) is 7.72. The highest BCUT2D eigenvalue weighted by Crippen LogP contribution is 1.93. The van der Waals surface area contributed by atoms with E-state index in [1.54, 1.807) is 0 Å². The molecule has 0 spiro atoms. The van der Waals surface area contributed by atoms with E-state index in [9.17, 15) is 9.59 Å². The molecule has 6 nitrogen and oxygen atoms in total. The van der Waals surface area contributed by atoms with Crippen LogP contribution in [0.3, 0.4) is 0 Å². The number of hydrogen-bond donors (Lipinski definition) is 3. The van der Waals surface area contributed by atoms with Crippen LogP contribution in [0.25, 0.3) is 0 Å². The molecule has 6 heteroatoms. The summed E-state index contributed by atoms with van der Waals surface area (Å²) in [5, 5.41) is 0. The van der Waals surface area contributed by atoms with Crippen LogP contribution in [0.15, 0.2) is 4.99 Å². The lowest BCUT2D eigenvalue weighted by Crippen LogP contribution is -2.24. The molecule has 0 unspecified atom stereocenters. The number of hydrogen-bond acceptors (Lipinski definition) is 4. The topological polar surface area (TPSA) is 125 Å². The van der Waals surface area contributed by atoms with Crippen LogP contribution in [0.5, 0.6) is 0 Å². The minimum absolute atomic E-state index is 0. The average Bonchev–Trinajstić information content (AvgIpc) is 2.24. The summed E-state index contributed by atoms with van der Waals surface area (Å²) < 4.78 is 0. The number of rotatable bonds is 5. The van der Waals surface area contributed by atoms with Crippen LogP contribution in [0.1, 0.15) is 42.5 Å². The molecule has 0 atom stereocenters. The van der Waals surface area contributed by atoms with Crippen molar-refractivity contribution in [3.8, 4) is 0 Å². The first kappa shape index (κ1) is 26.2. The van der Waals surface area contributed by atoms with Gasteiger partial charge in [-0.1, -0.05) is 42.5 Å². The Morgan fingerprint density at radius 1 is 0.947 bits per heavy atom. The third-order valence-electron chi connectivity index (χ3n) is 1.91. The Morgan fingerprint density at radius 2 is 1.32 bits per heavy atom. The summed E-state index contributed by atoms with van der Waals surface area (Å²) in [6.07, 6.45) is 0. The maximum Gasteiger partial charge on any atom is 0.186 e. The number of guanidine groups is 1. The molecular weight excluding hydrogens is 244 g/mol. The molecule has 0 fully saturated rings. The molecule has 0 heterocycles. The molecule has 0 amide bonds. The second-order valence-electron chi connectivity index (χ2n) is 4.19. The number of carbonyl (C=O) groups excluding carboxylic acids is 2. The van der Waals surface area contributed by atoms with Crippen LogP contribution in [0.2, 0.25) is 0 Å². The number of nitrogens with zero attached hydrogens (tertiary/aromatic N) is 1. The van der Waals surface area contributed by atoms with Crippen LogP contribution in [0, 0.1) is 11.8 Å². The normalized spacial score (nSPS) is 8.58. The number of aliphatic imine (C=N–C) groups is 1. The fourth-order valence-electron chi connectivity index (χ4n) is 0.587. The van der Waals surface area contributed by atoms with E-state index in [4.69, 9.17) is 17.2 Å². The van der Waals surface area contributed by atoms with Gasteiger partial charge in [0.15, 0.2) is 11.7 Å². The molecule has 19 heavy (non-hydrogen) atoms. The van der Waals surface area contributed by atoms with E-state index in [-0.39, 0.29) is 57.3 Å². The predicted molar refractivity (Wildman–Crippen MR) is 82.9 cm³/mol. The minimum Gasteiger partial charge on any atom is -0.370 e. The van der Waals surface area contributed by atoms with Gasteiger partial charge in [-0.3, -0.25) is 9.59 Å². The molecule has 116 valence electrons. The standard InChI is InChI=1S/C6H13N3O.C5H11NO.2CH4/c1-4(2)5(10)3-9-6(7)8;1-4(2)5(7)3-6;;/h4H,3H2,1-2H3,(H4,7,8,9);4H,3,6H2,1-2H3;2*1H4. The molecule has 6 N–H and O–H groups in total. The molecule has 0 aliphatic rings. The molecule has 0 aliphatic heterocycles. The van der Waals surface area contributed by atoms with Crippen molar-refractivity contribution in [3.05, 3.63) is 0 Å². The first-order valence-corrected chi connectivity index (χ1v) is 5.53. The lowest BCUT2D eigenvalue weighted by atomic mass is 10.1. The second-order valence-corrected chi connectivity index (χ2v) is 4.19. The molecule has 0 saturated carbocycles. The second kappa shape index (κ2) is 14.6. The van der Waals surface area contributed by atoms with Crippen molar-refractivity contribution >= 4 is 17.5 Å². The van der Waals surface area contributed by atoms with Gasteiger partial charge in [0.1, 0.15) is 12.3 Å². The Labute approximate surface area is 117 Å². The lowest BCUT2D eigenvalue weighted by molar-refractivity contribution is -0.121. The molecule has 0 aliphatic carbocycles. The lowest BCUT2D eigenvalue weighted by Gasteiger charge is -1.98. The van der Waals surface area contributed by atoms with Gasteiger partial charge in [-0.25, -0.2) is 4.99 Å². The van der Waals surface area contributed by atoms with E-state index in [0.717, 1.165) is 0 Å². The maximum absolute atomic E-state index is 10.8. The van der Waals surface area contributed by atoms with Gasteiger partial charge in [0.2, 0.25) is 0 Å². The van der Waals surface area contributed by atoms with Gasteiger partial charge in [0.05, 0.1) is 6.54 Å². The highest BCUT2D eigenvalue weighted by Gasteiger charge is 2.04. The highest BCUT2D eigenvalue weighted by atomic mass is 16.1. The van der Waals surface area contributed by atoms with Gasteiger partial charge in [0, 0.05) is 11.8 Å². The fourth-order valence-corrected chi connectivity index (χ4v) is 0.587. The van der Waals surface area contributed by atoms with E-state index in [2.05, 4.69) is 4.99 Å². The summed E-state index contributed by atoms with van der Waals surface area (Å²) in [7, 11) is 0. The summed E-state index contributed by atoms with van der Waals surface area (Å²) >= 11 is 0. The number of nitrogens with two attached hydrogens (primary N) is 3.